The van der Waals surface area contributed by atoms with Gasteiger partial charge < -0.3 is 14.8 Å². The van der Waals surface area contributed by atoms with Gasteiger partial charge in [0.15, 0.2) is 11.9 Å². The van der Waals surface area contributed by atoms with E-state index in [-0.39, 0.29) is 6.10 Å². The van der Waals surface area contributed by atoms with Gasteiger partial charge in [-0.15, -0.1) is 0 Å². The van der Waals surface area contributed by atoms with Crippen molar-refractivity contribution in [2.24, 2.45) is 5.41 Å². The van der Waals surface area contributed by atoms with E-state index in [9.17, 15) is 0 Å². The van der Waals surface area contributed by atoms with Crippen LogP contribution in [0.15, 0.2) is 42.6 Å². The Morgan fingerprint density at radius 2 is 1.96 bits per heavy atom. The second kappa shape index (κ2) is 7.13. The van der Waals surface area contributed by atoms with Crippen molar-refractivity contribution in [3.63, 3.8) is 0 Å². The predicted molar refractivity (Wildman–Crippen MR) is 104 cm³/mol. The highest BCUT2D eigenvalue weighted by molar-refractivity contribution is 5.36. The summed E-state index contributed by atoms with van der Waals surface area (Å²) in [7, 11) is 0. The normalized spacial score (nSPS) is 24.2. The number of aromatic nitrogens is 1. The van der Waals surface area contributed by atoms with Crippen LogP contribution in [0.25, 0.3) is 0 Å². The number of fused-ring (bicyclic) bond motifs is 1. The van der Waals surface area contributed by atoms with Gasteiger partial charge in [-0.1, -0.05) is 24.3 Å². The van der Waals surface area contributed by atoms with Gasteiger partial charge in [-0.25, -0.2) is 4.98 Å². The maximum atomic E-state index is 6.01. The Labute approximate surface area is 160 Å². The average Bonchev–Trinajstić information content (AvgIpc) is 3.18. The molecule has 4 heterocycles. The van der Waals surface area contributed by atoms with Gasteiger partial charge in [0, 0.05) is 19.3 Å². The van der Waals surface area contributed by atoms with Crippen molar-refractivity contribution in [1.29, 1.82) is 0 Å². The van der Waals surface area contributed by atoms with E-state index in [0.29, 0.717) is 17.9 Å². The van der Waals surface area contributed by atoms with Crippen LogP contribution in [0.2, 0.25) is 0 Å². The second-order valence-corrected chi connectivity index (χ2v) is 8.17. The SMILES string of the molecule is c1cnc2c(c1)OC[C@H](c1ccc(CN3CCC4(CCNC4)CC3)cc1)O2. The summed E-state index contributed by atoms with van der Waals surface area (Å²) in [5, 5.41) is 3.55. The van der Waals surface area contributed by atoms with E-state index in [0.717, 1.165) is 17.9 Å². The molecular weight excluding hydrogens is 338 g/mol. The second-order valence-electron chi connectivity index (χ2n) is 8.17. The molecule has 1 spiro atoms. The number of hydrogen-bond acceptors (Lipinski definition) is 5. The van der Waals surface area contributed by atoms with Crippen LogP contribution in [0.1, 0.15) is 36.5 Å². The van der Waals surface area contributed by atoms with E-state index in [1.807, 2.05) is 12.1 Å². The van der Waals surface area contributed by atoms with Crippen molar-refractivity contribution in [3.05, 3.63) is 53.7 Å². The largest absolute Gasteiger partial charge is 0.484 e. The Morgan fingerprint density at radius 3 is 2.74 bits per heavy atom. The van der Waals surface area contributed by atoms with Crippen LogP contribution in [0, 0.1) is 5.41 Å². The molecule has 2 fully saturated rings. The number of pyridine rings is 1. The highest BCUT2D eigenvalue weighted by Gasteiger charge is 2.36. The fraction of sp³-hybridized carbons (Fsp3) is 0.500. The van der Waals surface area contributed by atoms with E-state index in [1.165, 1.54) is 51.0 Å². The molecule has 1 aromatic heterocycles. The first-order valence-corrected chi connectivity index (χ1v) is 10.1. The van der Waals surface area contributed by atoms with Crippen LogP contribution in [-0.4, -0.2) is 42.7 Å². The number of hydrogen-bond donors (Lipinski definition) is 1. The van der Waals surface area contributed by atoms with Crippen molar-refractivity contribution in [3.8, 4) is 11.6 Å². The summed E-state index contributed by atoms with van der Waals surface area (Å²) in [4.78, 5) is 6.86. The minimum Gasteiger partial charge on any atom is -0.484 e. The maximum Gasteiger partial charge on any atom is 0.257 e. The quantitative estimate of drug-likeness (QED) is 0.905. The predicted octanol–water partition coefficient (Wildman–Crippen LogP) is 3.17. The fourth-order valence-corrected chi connectivity index (χ4v) is 4.58. The summed E-state index contributed by atoms with van der Waals surface area (Å²) < 4.78 is 11.8. The summed E-state index contributed by atoms with van der Waals surface area (Å²) in [5.41, 5.74) is 3.10. The van der Waals surface area contributed by atoms with Crippen LogP contribution in [0.4, 0.5) is 0 Å². The first kappa shape index (κ1) is 17.0. The third-order valence-electron chi connectivity index (χ3n) is 6.39. The molecule has 5 nitrogen and oxygen atoms in total. The number of nitrogens with zero attached hydrogens (tertiary/aromatic N) is 2. The molecule has 5 heteroatoms. The van der Waals surface area contributed by atoms with E-state index in [1.54, 1.807) is 6.20 Å². The Bertz CT molecular complexity index is 776. The summed E-state index contributed by atoms with van der Waals surface area (Å²) in [5.74, 6) is 1.31. The zero-order valence-corrected chi connectivity index (χ0v) is 15.7. The standard InChI is InChI=1S/C22H27N3O2/c1-2-19-21(24-10-1)27-20(15-26-19)18-5-3-17(4-6-18)14-25-12-8-22(9-13-25)7-11-23-16-22/h1-6,10,20,23H,7-9,11-16H2/t20-/m1/s1. The molecule has 1 aromatic carbocycles. The van der Waals surface area contributed by atoms with Gasteiger partial charge in [0.1, 0.15) is 6.61 Å². The molecule has 0 saturated carbocycles. The molecule has 142 valence electrons. The topological polar surface area (TPSA) is 46.6 Å². The number of piperidine rings is 1. The Hall–Kier alpha value is -2.11. The monoisotopic (exact) mass is 365 g/mol. The zero-order valence-electron chi connectivity index (χ0n) is 15.7. The van der Waals surface area contributed by atoms with E-state index in [4.69, 9.17) is 9.47 Å². The summed E-state index contributed by atoms with van der Waals surface area (Å²) in [6.07, 6.45) is 5.66. The molecule has 0 unspecified atom stereocenters. The third kappa shape index (κ3) is 3.54. The molecule has 2 aromatic rings. The molecule has 27 heavy (non-hydrogen) atoms. The number of likely N-dealkylation sites (tertiary alicyclic amines) is 1. The number of benzene rings is 1. The molecule has 3 aliphatic rings. The molecule has 1 N–H and O–H groups in total. The molecule has 0 radical (unpaired) electrons. The van der Waals surface area contributed by atoms with Gasteiger partial charge in [0.25, 0.3) is 5.88 Å². The van der Waals surface area contributed by atoms with Crippen molar-refractivity contribution < 1.29 is 9.47 Å². The van der Waals surface area contributed by atoms with Crippen LogP contribution in [-0.2, 0) is 6.54 Å². The molecule has 2 saturated heterocycles. The lowest BCUT2D eigenvalue weighted by atomic mass is 9.78. The summed E-state index contributed by atoms with van der Waals surface area (Å²) in [6.45, 7) is 6.42. The van der Waals surface area contributed by atoms with Crippen molar-refractivity contribution in [2.45, 2.75) is 31.9 Å². The van der Waals surface area contributed by atoms with Crippen molar-refractivity contribution in [1.82, 2.24) is 15.2 Å². The Kier molecular flexibility index (Phi) is 4.50. The first-order chi connectivity index (χ1) is 13.3. The van der Waals surface area contributed by atoms with Crippen LogP contribution < -0.4 is 14.8 Å². The highest BCUT2D eigenvalue weighted by Crippen LogP contribution is 2.37. The average molecular weight is 365 g/mol. The lowest BCUT2D eigenvalue weighted by Crippen LogP contribution is -2.40. The minimum atomic E-state index is -0.0915. The molecule has 0 bridgehead atoms. The zero-order chi connectivity index (χ0) is 18.1. The molecule has 3 aliphatic heterocycles. The number of nitrogens with one attached hydrogen (secondary N) is 1. The molecule has 0 aliphatic carbocycles. The van der Waals surface area contributed by atoms with Gasteiger partial charge >= 0.3 is 0 Å². The van der Waals surface area contributed by atoms with Crippen LogP contribution in [0.3, 0.4) is 0 Å². The summed E-state index contributed by atoms with van der Waals surface area (Å²) >= 11 is 0. The van der Waals surface area contributed by atoms with E-state index < -0.39 is 0 Å². The van der Waals surface area contributed by atoms with E-state index >= 15 is 0 Å². The van der Waals surface area contributed by atoms with Gasteiger partial charge in [-0.2, -0.15) is 0 Å². The van der Waals surface area contributed by atoms with Crippen molar-refractivity contribution in [2.75, 3.05) is 32.8 Å². The van der Waals surface area contributed by atoms with Crippen molar-refractivity contribution >= 4 is 0 Å². The third-order valence-corrected chi connectivity index (χ3v) is 6.39. The Morgan fingerprint density at radius 1 is 1.11 bits per heavy atom. The molecule has 1 atom stereocenters. The molecular formula is C22H27N3O2. The van der Waals surface area contributed by atoms with Gasteiger partial charge in [0.2, 0.25) is 0 Å². The Balaban J connectivity index is 1.19. The first-order valence-electron chi connectivity index (χ1n) is 10.1. The smallest absolute Gasteiger partial charge is 0.257 e. The molecule has 0 amide bonds. The molecule has 5 rings (SSSR count). The van der Waals surface area contributed by atoms with Crippen LogP contribution in [0.5, 0.6) is 11.6 Å². The number of ether oxygens (including phenoxy) is 2. The lowest BCUT2D eigenvalue weighted by molar-refractivity contribution is 0.0850. The fourth-order valence-electron chi connectivity index (χ4n) is 4.58. The summed E-state index contributed by atoms with van der Waals surface area (Å²) in [6, 6.07) is 12.6. The van der Waals surface area contributed by atoms with Gasteiger partial charge in [-0.3, -0.25) is 4.90 Å². The van der Waals surface area contributed by atoms with Crippen LogP contribution >= 0.6 is 0 Å². The lowest BCUT2D eigenvalue weighted by Gasteiger charge is -2.39. The highest BCUT2D eigenvalue weighted by atomic mass is 16.6. The minimum absolute atomic E-state index is 0.0915. The van der Waals surface area contributed by atoms with E-state index in [2.05, 4.69) is 39.5 Å². The maximum absolute atomic E-state index is 6.01. The van der Waals surface area contributed by atoms with Gasteiger partial charge in [-0.05, 0) is 67.6 Å². The van der Waals surface area contributed by atoms with Gasteiger partial charge in [0.05, 0.1) is 0 Å². The number of rotatable bonds is 3.